The van der Waals surface area contributed by atoms with E-state index in [1.54, 1.807) is 32.6 Å². The minimum absolute atomic E-state index is 0.210. The topological polar surface area (TPSA) is 133 Å². The maximum Gasteiger partial charge on any atom is 0.408 e. The summed E-state index contributed by atoms with van der Waals surface area (Å²) in [6, 6.07) is 13.9. The van der Waals surface area contributed by atoms with Crippen LogP contribution in [0.5, 0.6) is 0 Å². The van der Waals surface area contributed by atoms with Crippen molar-refractivity contribution < 1.29 is 23.9 Å². The van der Waals surface area contributed by atoms with Gasteiger partial charge in [0.15, 0.2) is 0 Å². The second kappa shape index (κ2) is 13.8. The molecular weight excluding hydrogens is 546 g/mol. The number of aromatic nitrogens is 1. The summed E-state index contributed by atoms with van der Waals surface area (Å²) >= 11 is 0. The quantitative estimate of drug-likeness (QED) is 0.291. The molecule has 10 heteroatoms. The van der Waals surface area contributed by atoms with E-state index in [9.17, 15) is 19.2 Å². The second-order valence-electron chi connectivity index (χ2n) is 12.1. The predicted octanol–water partition coefficient (Wildman–Crippen LogP) is 4.55. The summed E-state index contributed by atoms with van der Waals surface area (Å²) in [6.45, 7) is 9.76. The Morgan fingerprint density at radius 2 is 1.67 bits per heavy atom. The number of aryl methyl sites for hydroxylation is 1. The fourth-order valence-corrected chi connectivity index (χ4v) is 5.22. The number of aromatic amines is 1. The number of anilines is 1. The molecule has 230 valence electrons. The van der Waals surface area contributed by atoms with Gasteiger partial charge >= 0.3 is 6.09 Å². The van der Waals surface area contributed by atoms with Crippen LogP contribution in [-0.4, -0.2) is 64.5 Å². The van der Waals surface area contributed by atoms with E-state index in [0.717, 1.165) is 22.9 Å². The SMILES string of the molecule is CCc1ccc(NC(=O)C(C)NC(=O)C2CCN(C(=O)C(Cc3c[nH]c4ccccc34)NC(=O)OC(C)(C)C)CC2)cc1. The Balaban J connectivity index is 1.34. The highest BCUT2D eigenvalue weighted by molar-refractivity contribution is 5.97. The molecule has 4 amide bonds. The fraction of sp³-hybridized carbons (Fsp3) is 0.455. The number of nitrogens with one attached hydrogen (secondary N) is 4. The van der Waals surface area contributed by atoms with Crippen LogP contribution in [-0.2, 0) is 32.0 Å². The third-order valence-electron chi connectivity index (χ3n) is 7.65. The lowest BCUT2D eigenvalue weighted by atomic mass is 9.94. The lowest BCUT2D eigenvalue weighted by Gasteiger charge is -2.34. The zero-order chi connectivity index (χ0) is 31.1. The number of carbonyl (C=O) groups is 4. The lowest BCUT2D eigenvalue weighted by Crippen LogP contribution is -2.53. The first kappa shape index (κ1) is 31.6. The molecule has 1 fully saturated rings. The van der Waals surface area contributed by atoms with Gasteiger partial charge in [0.1, 0.15) is 17.7 Å². The number of nitrogens with zero attached hydrogens (tertiary/aromatic N) is 1. The van der Waals surface area contributed by atoms with E-state index in [1.807, 2.05) is 54.7 Å². The molecule has 0 spiro atoms. The highest BCUT2D eigenvalue weighted by Crippen LogP contribution is 2.23. The number of hydrogen-bond acceptors (Lipinski definition) is 5. The molecule has 0 bridgehead atoms. The Morgan fingerprint density at radius 3 is 2.33 bits per heavy atom. The Morgan fingerprint density at radius 1 is 1.00 bits per heavy atom. The molecule has 2 heterocycles. The smallest absolute Gasteiger partial charge is 0.408 e. The molecule has 1 aliphatic rings. The van der Waals surface area contributed by atoms with Gasteiger partial charge in [-0.2, -0.15) is 0 Å². The maximum absolute atomic E-state index is 13.7. The Labute approximate surface area is 252 Å². The first-order valence-corrected chi connectivity index (χ1v) is 15.0. The van der Waals surface area contributed by atoms with Crippen LogP contribution in [0.2, 0.25) is 0 Å². The molecule has 0 aliphatic carbocycles. The van der Waals surface area contributed by atoms with Crippen molar-refractivity contribution in [2.75, 3.05) is 18.4 Å². The van der Waals surface area contributed by atoms with Crippen LogP contribution in [0.1, 0.15) is 58.6 Å². The number of H-pyrrole nitrogens is 1. The molecule has 1 aliphatic heterocycles. The van der Waals surface area contributed by atoms with Crippen molar-refractivity contribution in [3.8, 4) is 0 Å². The summed E-state index contributed by atoms with van der Waals surface area (Å²) in [5.74, 6) is -1.05. The molecule has 10 nitrogen and oxygen atoms in total. The van der Waals surface area contributed by atoms with Crippen LogP contribution in [0.4, 0.5) is 10.5 Å². The van der Waals surface area contributed by atoms with Gasteiger partial charge in [0.25, 0.3) is 0 Å². The van der Waals surface area contributed by atoms with Gasteiger partial charge in [-0.25, -0.2) is 4.79 Å². The number of rotatable bonds is 9. The van der Waals surface area contributed by atoms with Crippen LogP contribution in [0.15, 0.2) is 54.7 Å². The Bertz CT molecular complexity index is 1430. The number of fused-ring (bicyclic) bond motifs is 1. The predicted molar refractivity (Wildman–Crippen MR) is 167 cm³/mol. The number of likely N-dealkylation sites (tertiary alicyclic amines) is 1. The Kier molecular flexibility index (Phi) is 10.1. The molecule has 2 atom stereocenters. The second-order valence-corrected chi connectivity index (χ2v) is 12.1. The van der Waals surface area contributed by atoms with Crippen molar-refractivity contribution in [2.24, 2.45) is 5.92 Å². The number of carbonyl (C=O) groups excluding carboxylic acids is 4. The normalized spacial score (nSPS) is 15.4. The van der Waals surface area contributed by atoms with E-state index in [2.05, 4.69) is 27.9 Å². The number of benzene rings is 2. The highest BCUT2D eigenvalue weighted by Gasteiger charge is 2.33. The van der Waals surface area contributed by atoms with Crippen molar-refractivity contribution in [2.45, 2.75) is 78.0 Å². The number of amides is 4. The average Bonchev–Trinajstić information content (AvgIpc) is 3.38. The van der Waals surface area contributed by atoms with Gasteiger partial charge in [-0.1, -0.05) is 37.3 Å². The van der Waals surface area contributed by atoms with Gasteiger partial charge < -0.3 is 30.6 Å². The zero-order valence-electron chi connectivity index (χ0n) is 25.7. The minimum atomic E-state index is -0.838. The molecule has 43 heavy (non-hydrogen) atoms. The van der Waals surface area contributed by atoms with Crippen molar-refractivity contribution in [1.29, 1.82) is 0 Å². The summed E-state index contributed by atoms with van der Waals surface area (Å²) in [5, 5.41) is 9.43. The molecule has 4 rings (SSSR count). The van der Waals surface area contributed by atoms with Crippen molar-refractivity contribution in [3.05, 3.63) is 65.9 Å². The van der Waals surface area contributed by atoms with Gasteiger partial charge in [-0.15, -0.1) is 0 Å². The van der Waals surface area contributed by atoms with Crippen LogP contribution in [0.25, 0.3) is 10.9 Å². The van der Waals surface area contributed by atoms with Crippen LogP contribution in [0.3, 0.4) is 0 Å². The van der Waals surface area contributed by atoms with Crippen LogP contribution >= 0.6 is 0 Å². The van der Waals surface area contributed by atoms with Gasteiger partial charge in [-0.3, -0.25) is 14.4 Å². The number of para-hydroxylation sites is 1. The van der Waals surface area contributed by atoms with E-state index in [0.29, 0.717) is 31.6 Å². The number of alkyl carbamates (subject to hydrolysis) is 1. The third-order valence-corrected chi connectivity index (χ3v) is 7.65. The van der Waals surface area contributed by atoms with Crippen molar-refractivity contribution >= 4 is 40.4 Å². The van der Waals surface area contributed by atoms with E-state index in [4.69, 9.17) is 4.74 Å². The van der Waals surface area contributed by atoms with E-state index in [-0.39, 0.29) is 30.1 Å². The van der Waals surface area contributed by atoms with Crippen LogP contribution in [0, 0.1) is 5.92 Å². The van der Waals surface area contributed by atoms with Gasteiger partial charge in [-0.05, 0) is 76.3 Å². The van der Waals surface area contributed by atoms with E-state index in [1.165, 1.54) is 5.56 Å². The molecule has 3 aromatic rings. The summed E-state index contributed by atoms with van der Waals surface area (Å²) in [7, 11) is 0. The molecular formula is C33H43N5O5. The van der Waals surface area contributed by atoms with Crippen LogP contribution < -0.4 is 16.0 Å². The van der Waals surface area contributed by atoms with Gasteiger partial charge in [0.2, 0.25) is 17.7 Å². The monoisotopic (exact) mass is 589 g/mol. The molecule has 1 saturated heterocycles. The highest BCUT2D eigenvalue weighted by atomic mass is 16.6. The third kappa shape index (κ3) is 8.59. The summed E-state index contributed by atoms with van der Waals surface area (Å²) in [5.41, 5.74) is 3.00. The summed E-state index contributed by atoms with van der Waals surface area (Å²) in [6.07, 6.45) is 3.31. The largest absolute Gasteiger partial charge is 0.444 e. The molecule has 4 N–H and O–H groups in total. The van der Waals surface area contributed by atoms with E-state index < -0.39 is 23.8 Å². The van der Waals surface area contributed by atoms with Crippen molar-refractivity contribution in [3.63, 3.8) is 0 Å². The standard InChI is InChI=1S/C33H43N5O5/c1-6-22-11-13-25(14-12-22)36-29(39)21(2)35-30(40)23-15-17-38(18-16-23)31(41)28(37-32(42)43-33(3,4)5)19-24-20-34-27-10-8-7-9-26(24)27/h7-14,20-21,23,28,34H,6,15-19H2,1-5H3,(H,35,40)(H,36,39)(H,37,42). The minimum Gasteiger partial charge on any atom is -0.444 e. The molecule has 2 aromatic carbocycles. The Hall–Kier alpha value is -4.34. The number of ether oxygens (including phenoxy) is 1. The van der Waals surface area contributed by atoms with Gasteiger partial charge in [0.05, 0.1) is 0 Å². The first-order valence-electron chi connectivity index (χ1n) is 15.0. The lowest BCUT2D eigenvalue weighted by molar-refractivity contribution is -0.137. The fourth-order valence-electron chi connectivity index (χ4n) is 5.22. The summed E-state index contributed by atoms with van der Waals surface area (Å²) < 4.78 is 5.45. The average molecular weight is 590 g/mol. The van der Waals surface area contributed by atoms with E-state index >= 15 is 0 Å². The molecule has 0 saturated carbocycles. The summed E-state index contributed by atoms with van der Waals surface area (Å²) in [4.78, 5) is 57.0. The number of piperidine rings is 1. The molecule has 0 radical (unpaired) electrons. The van der Waals surface area contributed by atoms with Gasteiger partial charge in [0, 0.05) is 48.2 Å². The van der Waals surface area contributed by atoms with Crippen molar-refractivity contribution in [1.82, 2.24) is 20.5 Å². The maximum atomic E-state index is 13.7. The zero-order valence-corrected chi connectivity index (χ0v) is 25.7. The first-order chi connectivity index (χ1) is 20.4. The molecule has 1 aromatic heterocycles. The number of hydrogen-bond donors (Lipinski definition) is 4. The molecule has 2 unspecified atom stereocenters.